The van der Waals surface area contributed by atoms with E-state index in [1.54, 1.807) is 0 Å². The Kier molecular flexibility index (Phi) is 5.12. The van der Waals surface area contributed by atoms with E-state index in [4.69, 9.17) is 10.5 Å². The summed E-state index contributed by atoms with van der Waals surface area (Å²) in [6.45, 7) is -0.885. The number of rotatable bonds is 5. The first-order valence-electron chi connectivity index (χ1n) is 9.10. The first-order chi connectivity index (χ1) is 13.6. The van der Waals surface area contributed by atoms with E-state index in [-0.39, 0.29) is 23.6 Å². The van der Waals surface area contributed by atoms with E-state index in [0.717, 1.165) is 11.1 Å². The molecule has 0 spiro atoms. The number of benzene rings is 2. The number of ether oxygens (including phenoxy) is 1. The van der Waals surface area contributed by atoms with Gasteiger partial charge in [-0.25, -0.2) is 4.39 Å². The highest BCUT2D eigenvalue weighted by molar-refractivity contribution is 8.00. The number of nitrogens with zero attached hydrogens (tertiary/aromatic N) is 1. The fraction of sp³-hybridized carbons (Fsp3) is 0.333. The van der Waals surface area contributed by atoms with Gasteiger partial charge in [0.2, 0.25) is 5.91 Å². The summed E-state index contributed by atoms with van der Waals surface area (Å²) in [6, 6.07) is 18.1. The zero-order valence-electron chi connectivity index (χ0n) is 15.2. The number of carbonyl (C=O) groups is 2. The second-order valence-corrected chi connectivity index (χ2v) is 8.32. The Hall–Kier alpha value is -2.38. The van der Waals surface area contributed by atoms with Crippen molar-refractivity contribution in [3.63, 3.8) is 0 Å². The van der Waals surface area contributed by atoms with Gasteiger partial charge >= 0.3 is 5.97 Å². The lowest BCUT2D eigenvalue weighted by atomic mass is 9.88. The van der Waals surface area contributed by atoms with Crippen LogP contribution in [0.5, 0.6) is 0 Å². The summed E-state index contributed by atoms with van der Waals surface area (Å²) in [4.78, 5) is 26.6. The zero-order valence-corrected chi connectivity index (χ0v) is 16.0. The van der Waals surface area contributed by atoms with Crippen LogP contribution in [0, 0.1) is 5.41 Å². The van der Waals surface area contributed by atoms with Gasteiger partial charge in [-0.15, -0.1) is 11.8 Å². The quantitative estimate of drug-likeness (QED) is 0.617. The number of esters is 1. The molecule has 3 atom stereocenters. The SMILES string of the molecule is NC1C(=O)N2CC(CF)(C(=O)OC(c3ccccc3)c3ccccc3)CS[C@H]12. The molecule has 146 valence electrons. The van der Waals surface area contributed by atoms with Gasteiger partial charge in [-0.2, -0.15) is 0 Å². The summed E-state index contributed by atoms with van der Waals surface area (Å²) < 4.78 is 20.0. The Bertz CT molecular complexity index is 827. The third-order valence-electron chi connectivity index (χ3n) is 5.30. The van der Waals surface area contributed by atoms with Gasteiger partial charge < -0.3 is 15.4 Å². The van der Waals surface area contributed by atoms with Crippen molar-refractivity contribution >= 4 is 23.6 Å². The number of thioether (sulfide) groups is 1. The molecule has 0 saturated carbocycles. The molecule has 2 unspecified atom stereocenters. The van der Waals surface area contributed by atoms with Crippen LogP contribution in [0.1, 0.15) is 17.2 Å². The van der Waals surface area contributed by atoms with Gasteiger partial charge in [0, 0.05) is 12.3 Å². The van der Waals surface area contributed by atoms with E-state index >= 15 is 0 Å². The van der Waals surface area contributed by atoms with Crippen LogP contribution in [0.25, 0.3) is 0 Å². The zero-order chi connectivity index (χ0) is 19.7. The first kappa shape index (κ1) is 19.0. The van der Waals surface area contributed by atoms with Crippen molar-refractivity contribution in [2.75, 3.05) is 19.0 Å². The van der Waals surface area contributed by atoms with Crippen LogP contribution in [-0.4, -0.2) is 47.2 Å². The second kappa shape index (κ2) is 7.56. The third-order valence-corrected chi connectivity index (χ3v) is 6.91. The standard InChI is InChI=1S/C21H21FN2O3S/c22-11-21(12-24-18(25)16(23)19(24)28-13-21)20(26)27-17(14-7-3-1-4-8-14)15-9-5-2-6-10-15/h1-10,16-17,19H,11-13,23H2/t16?,19-,21?/m1/s1. The molecule has 0 bridgehead atoms. The molecule has 2 aromatic carbocycles. The van der Waals surface area contributed by atoms with E-state index in [1.165, 1.54) is 16.7 Å². The maximum Gasteiger partial charge on any atom is 0.318 e. The summed E-state index contributed by atoms with van der Waals surface area (Å²) in [5.41, 5.74) is 6.03. The molecular weight excluding hydrogens is 379 g/mol. The number of halogens is 1. The van der Waals surface area contributed by atoms with E-state index in [0.29, 0.717) is 0 Å². The Morgan fingerprint density at radius 3 is 2.29 bits per heavy atom. The summed E-state index contributed by atoms with van der Waals surface area (Å²) in [5, 5.41) is -0.181. The molecule has 0 aliphatic carbocycles. The highest BCUT2D eigenvalue weighted by atomic mass is 32.2. The van der Waals surface area contributed by atoms with E-state index in [1.807, 2.05) is 60.7 Å². The largest absolute Gasteiger partial charge is 0.452 e. The Morgan fingerprint density at radius 1 is 1.18 bits per heavy atom. The number of β-lactam (4-membered cyclic amide) rings is 1. The Labute approximate surface area is 167 Å². The molecule has 2 N–H and O–H groups in total. The number of hydrogen-bond donors (Lipinski definition) is 1. The molecule has 7 heteroatoms. The Morgan fingerprint density at radius 2 is 1.75 bits per heavy atom. The van der Waals surface area contributed by atoms with E-state index in [2.05, 4.69) is 0 Å². The molecule has 5 nitrogen and oxygen atoms in total. The average Bonchev–Trinajstić information content (AvgIpc) is 2.77. The van der Waals surface area contributed by atoms with Crippen molar-refractivity contribution in [2.45, 2.75) is 17.5 Å². The van der Waals surface area contributed by atoms with Gasteiger partial charge in [-0.3, -0.25) is 9.59 Å². The van der Waals surface area contributed by atoms with Gasteiger partial charge in [0.15, 0.2) is 6.10 Å². The number of carbonyl (C=O) groups excluding carboxylic acids is 2. The number of hydrogen-bond acceptors (Lipinski definition) is 5. The lowest BCUT2D eigenvalue weighted by Crippen LogP contribution is -2.72. The molecule has 1 amide bonds. The van der Waals surface area contributed by atoms with Crippen LogP contribution < -0.4 is 5.73 Å². The van der Waals surface area contributed by atoms with Crippen LogP contribution in [0.2, 0.25) is 0 Å². The molecule has 0 aromatic heterocycles. The molecule has 2 fully saturated rings. The topological polar surface area (TPSA) is 72.6 Å². The highest BCUT2D eigenvalue weighted by Gasteiger charge is 2.56. The normalized spacial score (nSPS) is 26.5. The van der Waals surface area contributed by atoms with Crippen molar-refractivity contribution < 1.29 is 18.7 Å². The monoisotopic (exact) mass is 400 g/mol. The smallest absolute Gasteiger partial charge is 0.318 e. The van der Waals surface area contributed by atoms with Gasteiger partial charge in [0.25, 0.3) is 0 Å². The summed E-state index contributed by atoms with van der Waals surface area (Å²) in [6.07, 6.45) is -0.643. The molecular formula is C21H21FN2O3S. The average molecular weight is 400 g/mol. The van der Waals surface area contributed by atoms with Crippen molar-refractivity contribution in [3.8, 4) is 0 Å². The van der Waals surface area contributed by atoms with E-state index < -0.39 is 30.2 Å². The van der Waals surface area contributed by atoms with Crippen LogP contribution in [-0.2, 0) is 14.3 Å². The number of amides is 1. The third kappa shape index (κ3) is 3.18. The van der Waals surface area contributed by atoms with Crippen LogP contribution in [0.4, 0.5) is 4.39 Å². The van der Waals surface area contributed by atoms with Crippen molar-refractivity contribution in [1.29, 1.82) is 0 Å². The molecule has 2 aliphatic heterocycles. The van der Waals surface area contributed by atoms with E-state index in [9.17, 15) is 14.0 Å². The minimum absolute atomic E-state index is 0.00281. The fourth-order valence-electron chi connectivity index (χ4n) is 3.60. The fourth-order valence-corrected chi connectivity index (χ4v) is 5.06. The molecule has 2 heterocycles. The van der Waals surface area contributed by atoms with Crippen molar-refractivity contribution in [3.05, 3.63) is 71.8 Å². The summed E-state index contributed by atoms with van der Waals surface area (Å²) >= 11 is 1.34. The molecule has 2 aliphatic rings. The first-order valence-corrected chi connectivity index (χ1v) is 10.2. The van der Waals surface area contributed by atoms with Crippen LogP contribution in [0.3, 0.4) is 0 Å². The molecule has 2 saturated heterocycles. The van der Waals surface area contributed by atoms with Gasteiger partial charge in [-0.05, 0) is 11.1 Å². The van der Waals surface area contributed by atoms with Gasteiger partial charge in [0.1, 0.15) is 23.5 Å². The predicted molar refractivity (Wildman–Crippen MR) is 105 cm³/mol. The summed E-state index contributed by atoms with van der Waals surface area (Å²) in [7, 11) is 0. The lowest BCUT2D eigenvalue weighted by molar-refractivity contribution is -0.165. The maximum absolute atomic E-state index is 14.1. The lowest BCUT2D eigenvalue weighted by Gasteiger charge is -2.52. The number of nitrogens with two attached hydrogens (primary N) is 1. The van der Waals surface area contributed by atoms with Crippen molar-refractivity contribution in [2.24, 2.45) is 11.1 Å². The molecule has 0 radical (unpaired) electrons. The molecule has 28 heavy (non-hydrogen) atoms. The van der Waals surface area contributed by atoms with Crippen LogP contribution >= 0.6 is 11.8 Å². The molecule has 2 aromatic rings. The van der Waals surface area contributed by atoms with Crippen molar-refractivity contribution in [1.82, 2.24) is 4.90 Å². The highest BCUT2D eigenvalue weighted by Crippen LogP contribution is 2.43. The van der Waals surface area contributed by atoms with Gasteiger partial charge in [-0.1, -0.05) is 60.7 Å². The minimum atomic E-state index is -1.38. The Balaban J connectivity index is 1.59. The number of alkyl halides is 1. The minimum Gasteiger partial charge on any atom is -0.452 e. The van der Waals surface area contributed by atoms with Gasteiger partial charge in [0.05, 0.1) is 0 Å². The maximum atomic E-state index is 14.1. The number of fused-ring (bicyclic) bond motifs is 1. The molecule has 4 rings (SSSR count). The second-order valence-electron chi connectivity index (χ2n) is 7.21. The summed E-state index contributed by atoms with van der Waals surface area (Å²) in [5.74, 6) is -0.641. The predicted octanol–water partition coefficient (Wildman–Crippen LogP) is 2.52. The van der Waals surface area contributed by atoms with Crippen LogP contribution in [0.15, 0.2) is 60.7 Å².